The number of nitrogens with zero attached hydrogens (tertiary/aromatic N) is 2. The van der Waals surface area contributed by atoms with Crippen molar-refractivity contribution < 1.29 is 0 Å². The molecule has 0 spiro atoms. The van der Waals surface area contributed by atoms with E-state index in [1.165, 1.54) is 0 Å². The molecule has 1 N–H and O–H groups in total. The second-order valence-electron chi connectivity index (χ2n) is 3.49. The van der Waals surface area contributed by atoms with Gasteiger partial charge in [0, 0.05) is 11.1 Å². The Morgan fingerprint density at radius 1 is 1.71 bits per heavy atom. The minimum atomic E-state index is -0.158. The highest BCUT2D eigenvalue weighted by molar-refractivity contribution is 7.09. The van der Waals surface area contributed by atoms with Gasteiger partial charge in [0.2, 0.25) is 0 Å². The first-order chi connectivity index (χ1) is 6.62. The molecule has 0 aliphatic carbocycles. The van der Waals surface area contributed by atoms with Gasteiger partial charge in [0.05, 0.1) is 18.2 Å². The molecule has 1 unspecified atom stereocenters. The molecular weight excluding hydrogens is 194 g/mol. The molecule has 76 valence electrons. The third-order valence-electron chi connectivity index (χ3n) is 2.36. The van der Waals surface area contributed by atoms with Crippen LogP contribution in [0.3, 0.4) is 0 Å². The van der Waals surface area contributed by atoms with Crippen LogP contribution in [0.2, 0.25) is 0 Å². The lowest BCUT2D eigenvalue weighted by atomic mass is 10.00. The van der Waals surface area contributed by atoms with E-state index in [-0.39, 0.29) is 5.54 Å². The van der Waals surface area contributed by atoms with Gasteiger partial charge in [0.15, 0.2) is 0 Å². The van der Waals surface area contributed by atoms with Crippen LogP contribution in [0, 0.1) is 18.3 Å². The molecule has 0 radical (unpaired) electrons. The standard InChI is InChI=1S/C10H15N3S/c1-4-10(3,12-6-5-11)9-13-8(2)7-14-9/h7,12H,4,6H2,1-3H3. The highest BCUT2D eigenvalue weighted by atomic mass is 32.1. The zero-order valence-electron chi connectivity index (χ0n) is 8.79. The quantitative estimate of drug-likeness (QED) is 0.773. The third-order valence-corrected chi connectivity index (χ3v) is 3.58. The summed E-state index contributed by atoms with van der Waals surface area (Å²) >= 11 is 1.65. The SMILES string of the molecule is CCC(C)(NCC#N)c1nc(C)cs1. The number of rotatable bonds is 4. The molecule has 1 aromatic rings. The minimum absolute atomic E-state index is 0.158. The van der Waals surface area contributed by atoms with E-state index in [4.69, 9.17) is 5.26 Å². The molecule has 1 heterocycles. The summed E-state index contributed by atoms with van der Waals surface area (Å²) in [4.78, 5) is 4.45. The van der Waals surface area contributed by atoms with E-state index < -0.39 is 0 Å². The fourth-order valence-electron chi connectivity index (χ4n) is 1.19. The maximum atomic E-state index is 8.55. The highest BCUT2D eigenvalue weighted by Crippen LogP contribution is 2.27. The Labute approximate surface area is 88.8 Å². The third kappa shape index (κ3) is 2.31. The minimum Gasteiger partial charge on any atom is -0.293 e. The van der Waals surface area contributed by atoms with Crippen LogP contribution in [0.1, 0.15) is 31.0 Å². The van der Waals surface area contributed by atoms with Gasteiger partial charge in [-0.05, 0) is 20.3 Å². The summed E-state index contributed by atoms with van der Waals surface area (Å²) in [5, 5.41) is 14.9. The van der Waals surface area contributed by atoms with Crippen LogP contribution < -0.4 is 5.32 Å². The lowest BCUT2D eigenvalue weighted by molar-refractivity contribution is 0.370. The van der Waals surface area contributed by atoms with Crippen LogP contribution in [0.15, 0.2) is 5.38 Å². The van der Waals surface area contributed by atoms with Gasteiger partial charge in [-0.3, -0.25) is 5.32 Å². The fraction of sp³-hybridized carbons (Fsp3) is 0.600. The molecule has 1 atom stereocenters. The van der Waals surface area contributed by atoms with Crippen molar-refractivity contribution in [3.8, 4) is 6.07 Å². The Bertz CT molecular complexity index is 339. The van der Waals surface area contributed by atoms with E-state index in [1.807, 2.05) is 12.3 Å². The molecule has 0 aromatic carbocycles. The van der Waals surface area contributed by atoms with Crippen LogP contribution >= 0.6 is 11.3 Å². The average molecular weight is 209 g/mol. The van der Waals surface area contributed by atoms with Crippen LogP contribution in [0.25, 0.3) is 0 Å². The van der Waals surface area contributed by atoms with Crippen molar-refractivity contribution in [1.29, 1.82) is 5.26 Å². The molecule has 0 aliphatic rings. The van der Waals surface area contributed by atoms with E-state index in [2.05, 4.69) is 30.2 Å². The normalized spacial score (nSPS) is 14.7. The predicted molar refractivity (Wildman–Crippen MR) is 58.1 cm³/mol. The van der Waals surface area contributed by atoms with Crippen molar-refractivity contribution >= 4 is 11.3 Å². The number of thiazole rings is 1. The summed E-state index contributed by atoms with van der Waals surface area (Å²) in [6.07, 6.45) is 0.932. The largest absolute Gasteiger partial charge is 0.293 e. The van der Waals surface area contributed by atoms with Gasteiger partial charge in [0.1, 0.15) is 5.01 Å². The second kappa shape index (κ2) is 4.54. The van der Waals surface area contributed by atoms with E-state index in [0.717, 1.165) is 17.1 Å². The Balaban J connectivity index is 2.84. The monoisotopic (exact) mass is 209 g/mol. The van der Waals surface area contributed by atoms with E-state index in [9.17, 15) is 0 Å². The van der Waals surface area contributed by atoms with E-state index >= 15 is 0 Å². The molecule has 1 aromatic heterocycles. The van der Waals surface area contributed by atoms with Gasteiger partial charge in [-0.15, -0.1) is 11.3 Å². The Morgan fingerprint density at radius 2 is 2.43 bits per heavy atom. The lowest BCUT2D eigenvalue weighted by Gasteiger charge is -2.25. The summed E-state index contributed by atoms with van der Waals surface area (Å²) < 4.78 is 0. The Hall–Kier alpha value is -0.920. The zero-order valence-corrected chi connectivity index (χ0v) is 9.61. The van der Waals surface area contributed by atoms with E-state index in [0.29, 0.717) is 6.54 Å². The summed E-state index contributed by atoms with van der Waals surface area (Å²) in [6.45, 7) is 6.53. The fourth-order valence-corrected chi connectivity index (χ4v) is 2.20. The molecule has 0 amide bonds. The van der Waals surface area contributed by atoms with Gasteiger partial charge in [0.25, 0.3) is 0 Å². The molecule has 0 saturated carbocycles. The molecule has 4 heteroatoms. The van der Waals surface area contributed by atoms with Crippen molar-refractivity contribution in [2.75, 3.05) is 6.54 Å². The van der Waals surface area contributed by atoms with Crippen LogP contribution in [-0.2, 0) is 5.54 Å². The topological polar surface area (TPSA) is 48.7 Å². The summed E-state index contributed by atoms with van der Waals surface area (Å²) in [5.74, 6) is 0. The molecule has 1 rings (SSSR count). The number of aromatic nitrogens is 1. The number of hydrogen-bond acceptors (Lipinski definition) is 4. The van der Waals surface area contributed by atoms with Crippen molar-refractivity contribution in [2.45, 2.75) is 32.7 Å². The number of nitriles is 1. The van der Waals surface area contributed by atoms with Crippen molar-refractivity contribution in [3.63, 3.8) is 0 Å². The predicted octanol–water partition coefficient (Wildman–Crippen LogP) is 2.19. The molecule has 0 bridgehead atoms. The van der Waals surface area contributed by atoms with Crippen LogP contribution in [0.4, 0.5) is 0 Å². The maximum Gasteiger partial charge on any atom is 0.113 e. The Morgan fingerprint density at radius 3 is 2.86 bits per heavy atom. The van der Waals surface area contributed by atoms with E-state index in [1.54, 1.807) is 11.3 Å². The lowest BCUT2D eigenvalue weighted by Crippen LogP contribution is -2.39. The van der Waals surface area contributed by atoms with Crippen molar-refractivity contribution in [3.05, 3.63) is 16.1 Å². The zero-order chi connectivity index (χ0) is 10.6. The molecule has 0 aliphatic heterocycles. The number of aryl methyl sites for hydroxylation is 1. The molecule has 3 nitrogen and oxygen atoms in total. The summed E-state index contributed by atoms with van der Waals surface area (Å²) in [6, 6.07) is 2.10. The summed E-state index contributed by atoms with van der Waals surface area (Å²) in [7, 11) is 0. The molecular formula is C10H15N3S. The van der Waals surface area contributed by atoms with Gasteiger partial charge in [-0.1, -0.05) is 6.92 Å². The van der Waals surface area contributed by atoms with Gasteiger partial charge >= 0.3 is 0 Å². The Kier molecular flexibility index (Phi) is 3.62. The second-order valence-corrected chi connectivity index (χ2v) is 4.35. The molecule has 0 saturated heterocycles. The number of hydrogen-bond donors (Lipinski definition) is 1. The van der Waals surface area contributed by atoms with Crippen LogP contribution in [0.5, 0.6) is 0 Å². The highest BCUT2D eigenvalue weighted by Gasteiger charge is 2.26. The first-order valence-corrected chi connectivity index (χ1v) is 5.55. The average Bonchev–Trinajstić information content (AvgIpc) is 2.62. The van der Waals surface area contributed by atoms with Crippen molar-refractivity contribution in [1.82, 2.24) is 10.3 Å². The first-order valence-electron chi connectivity index (χ1n) is 4.67. The van der Waals surface area contributed by atoms with Crippen LogP contribution in [-0.4, -0.2) is 11.5 Å². The number of nitrogens with one attached hydrogen (secondary N) is 1. The van der Waals surface area contributed by atoms with Gasteiger partial charge < -0.3 is 0 Å². The molecule has 14 heavy (non-hydrogen) atoms. The molecule has 0 fully saturated rings. The van der Waals surface area contributed by atoms with Gasteiger partial charge in [-0.25, -0.2) is 4.98 Å². The summed E-state index contributed by atoms with van der Waals surface area (Å²) in [5.41, 5.74) is 0.887. The first kappa shape index (κ1) is 11.2. The maximum absolute atomic E-state index is 8.55. The van der Waals surface area contributed by atoms with Gasteiger partial charge in [-0.2, -0.15) is 5.26 Å². The van der Waals surface area contributed by atoms with Crippen molar-refractivity contribution in [2.24, 2.45) is 0 Å². The smallest absolute Gasteiger partial charge is 0.113 e.